The van der Waals surface area contributed by atoms with E-state index in [0.29, 0.717) is 12.6 Å². The second kappa shape index (κ2) is 9.84. The quantitative estimate of drug-likeness (QED) is 0.853. The normalized spacial score (nSPS) is 18.4. The van der Waals surface area contributed by atoms with Gasteiger partial charge >= 0.3 is 0 Å². The third-order valence-electron chi connectivity index (χ3n) is 3.67. The highest BCUT2D eigenvalue weighted by atomic mass is 35.5. The van der Waals surface area contributed by atoms with Crippen LogP contribution in [0.1, 0.15) is 26.7 Å². The zero-order chi connectivity index (χ0) is 12.1. The van der Waals surface area contributed by atoms with Crippen LogP contribution in [0.3, 0.4) is 0 Å². The summed E-state index contributed by atoms with van der Waals surface area (Å²) in [6, 6.07) is 0.407. The number of hydrogen-bond donors (Lipinski definition) is 1. The number of carbonyl (C=O) groups is 1. The average molecular weight is 300 g/mol. The predicted octanol–water partition coefficient (Wildman–Crippen LogP) is 1.37. The summed E-state index contributed by atoms with van der Waals surface area (Å²) in [5.74, 6) is 0.145. The summed E-state index contributed by atoms with van der Waals surface area (Å²) < 4.78 is 0. The molecule has 0 bridgehead atoms. The van der Waals surface area contributed by atoms with Crippen molar-refractivity contribution in [3.05, 3.63) is 0 Å². The molecule has 0 aromatic rings. The second-order valence-electron chi connectivity index (χ2n) is 4.75. The lowest BCUT2D eigenvalue weighted by Crippen LogP contribution is -2.47. The Morgan fingerprint density at radius 1 is 1.39 bits per heavy atom. The number of nitrogens with zero attached hydrogens (tertiary/aromatic N) is 2. The van der Waals surface area contributed by atoms with Crippen LogP contribution in [0.2, 0.25) is 0 Å². The monoisotopic (exact) mass is 299 g/mol. The molecule has 1 rings (SSSR count). The van der Waals surface area contributed by atoms with Crippen molar-refractivity contribution in [3.63, 3.8) is 0 Å². The van der Waals surface area contributed by atoms with E-state index in [4.69, 9.17) is 5.73 Å². The Morgan fingerprint density at radius 3 is 2.28 bits per heavy atom. The summed E-state index contributed by atoms with van der Waals surface area (Å²) in [6.07, 6.45) is 2.18. The van der Waals surface area contributed by atoms with Gasteiger partial charge in [-0.1, -0.05) is 13.8 Å². The molecule has 6 heteroatoms. The van der Waals surface area contributed by atoms with E-state index >= 15 is 0 Å². The van der Waals surface area contributed by atoms with Gasteiger partial charge in [-0.15, -0.1) is 24.8 Å². The summed E-state index contributed by atoms with van der Waals surface area (Å²) in [7, 11) is 1.92. The van der Waals surface area contributed by atoms with Gasteiger partial charge in [0, 0.05) is 38.6 Å². The first-order chi connectivity index (χ1) is 7.60. The van der Waals surface area contributed by atoms with Crippen molar-refractivity contribution in [1.29, 1.82) is 0 Å². The second-order valence-corrected chi connectivity index (χ2v) is 4.75. The van der Waals surface area contributed by atoms with Crippen LogP contribution < -0.4 is 5.73 Å². The predicted molar refractivity (Wildman–Crippen MR) is 80.6 cm³/mol. The zero-order valence-corrected chi connectivity index (χ0v) is 13.2. The number of halogens is 2. The highest BCUT2D eigenvalue weighted by Gasteiger charge is 2.26. The van der Waals surface area contributed by atoms with Crippen LogP contribution in [0.15, 0.2) is 0 Å². The van der Waals surface area contributed by atoms with Gasteiger partial charge in [0.1, 0.15) is 0 Å². The minimum absolute atomic E-state index is 0. The minimum atomic E-state index is -0.0470. The van der Waals surface area contributed by atoms with Crippen molar-refractivity contribution in [2.45, 2.75) is 32.7 Å². The fourth-order valence-corrected chi connectivity index (χ4v) is 2.25. The highest BCUT2D eigenvalue weighted by Crippen LogP contribution is 2.16. The van der Waals surface area contributed by atoms with Crippen molar-refractivity contribution in [1.82, 2.24) is 9.80 Å². The highest BCUT2D eigenvalue weighted by molar-refractivity contribution is 5.85. The molecule has 0 aromatic heterocycles. The molecule has 4 nitrogen and oxygen atoms in total. The first kappa shape index (κ1) is 20.3. The minimum Gasteiger partial charge on any atom is -0.342 e. The molecule has 1 aliphatic rings. The van der Waals surface area contributed by atoms with Gasteiger partial charge in [-0.3, -0.25) is 4.79 Å². The molecule has 1 fully saturated rings. The Hall–Kier alpha value is -0.0300. The molecule has 110 valence electrons. The van der Waals surface area contributed by atoms with Crippen molar-refractivity contribution in [2.75, 3.05) is 33.2 Å². The smallest absolute Gasteiger partial charge is 0.226 e. The van der Waals surface area contributed by atoms with E-state index < -0.39 is 0 Å². The first-order valence-corrected chi connectivity index (χ1v) is 6.29. The summed E-state index contributed by atoms with van der Waals surface area (Å²) in [5, 5.41) is 0. The third kappa shape index (κ3) is 5.31. The molecule has 2 N–H and O–H groups in total. The van der Waals surface area contributed by atoms with Gasteiger partial charge in [0.05, 0.1) is 0 Å². The van der Waals surface area contributed by atoms with Crippen LogP contribution in [0.4, 0.5) is 0 Å². The molecule has 0 aliphatic carbocycles. The SMILES string of the molecule is CCN1CCC(N(C)C(=O)C(C)CN)CC1.Cl.Cl. The van der Waals surface area contributed by atoms with Crippen LogP contribution in [0, 0.1) is 5.92 Å². The molecule has 0 aromatic carbocycles. The maximum Gasteiger partial charge on any atom is 0.226 e. The number of piperidine rings is 1. The van der Waals surface area contributed by atoms with Gasteiger partial charge in [-0.25, -0.2) is 0 Å². The zero-order valence-electron chi connectivity index (χ0n) is 11.6. The number of hydrogen-bond acceptors (Lipinski definition) is 3. The lowest BCUT2D eigenvalue weighted by molar-refractivity contribution is -0.136. The standard InChI is InChI=1S/C12H25N3O.2ClH/c1-4-15-7-5-11(6-8-15)14(3)12(16)10(2)9-13;;/h10-11H,4-9,13H2,1-3H3;2*1H. The van der Waals surface area contributed by atoms with Gasteiger partial charge in [0.15, 0.2) is 0 Å². The van der Waals surface area contributed by atoms with E-state index in [-0.39, 0.29) is 36.6 Å². The lowest BCUT2D eigenvalue weighted by atomic mass is 10.0. The van der Waals surface area contributed by atoms with Gasteiger partial charge in [-0.05, 0) is 19.4 Å². The van der Waals surface area contributed by atoms with Gasteiger partial charge in [0.2, 0.25) is 5.91 Å². The fourth-order valence-electron chi connectivity index (χ4n) is 2.25. The van der Waals surface area contributed by atoms with Crippen molar-refractivity contribution in [2.24, 2.45) is 11.7 Å². The van der Waals surface area contributed by atoms with Crippen molar-refractivity contribution < 1.29 is 4.79 Å². The van der Waals surface area contributed by atoms with E-state index in [0.717, 1.165) is 32.5 Å². The Bertz CT molecular complexity index is 233. The number of rotatable bonds is 4. The summed E-state index contributed by atoms with van der Waals surface area (Å²) in [6.45, 7) is 7.86. The van der Waals surface area contributed by atoms with Gasteiger partial charge in [0.25, 0.3) is 0 Å². The number of nitrogens with two attached hydrogens (primary N) is 1. The number of carbonyl (C=O) groups excluding carboxylic acids is 1. The molecule has 1 amide bonds. The summed E-state index contributed by atoms with van der Waals surface area (Å²) in [4.78, 5) is 16.3. The van der Waals surface area contributed by atoms with Crippen LogP contribution in [-0.2, 0) is 4.79 Å². The third-order valence-corrected chi connectivity index (χ3v) is 3.67. The van der Waals surface area contributed by atoms with Gasteiger partial charge in [-0.2, -0.15) is 0 Å². The molecule has 18 heavy (non-hydrogen) atoms. The lowest BCUT2D eigenvalue weighted by Gasteiger charge is -2.37. The van der Waals surface area contributed by atoms with E-state index in [9.17, 15) is 4.79 Å². The van der Waals surface area contributed by atoms with E-state index in [1.807, 2.05) is 18.9 Å². The largest absolute Gasteiger partial charge is 0.342 e. The van der Waals surface area contributed by atoms with Crippen molar-refractivity contribution in [3.8, 4) is 0 Å². The Labute approximate surface area is 123 Å². The Kier molecular flexibility index (Phi) is 11.1. The van der Waals surface area contributed by atoms with Crippen LogP contribution in [-0.4, -0.2) is 55.0 Å². The van der Waals surface area contributed by atoms with Gasteiger partial charge < -0.3 is 15.5 Å². The van der Waals surface area contributed by atoms with Crippen molar-refractivity contribution >= 4 is 30.7 Å². The Balaban J connectivity index is 0. The van der Waals surface area contributed by atoms with E-state index in [2.05, 4.69) is 11.8 Å². The molecule has 1 atom stereocenters. The topological polar surface area (TPSA) is 49.6 Å². The fraction of sp³-hybridized carbons (Fsp3) is 0.917. The van der Waals surface area contributed by atoms with Crippen LogP contribution in [0.25, 0.3) is 0 Å². The maximum atomic E-state index is 12.0. The summed E-state index contributed by atoms with van der Waals surface area (Å²) >= 11 is 0. The number of likely N-dealkylation sites (tertiary alicyclic amines) is 1. The van der Waals surface area contributed by atoms with Crippen LogP contribution >= 0.6 is 24.8 Å². The molecule has 1 aliphatic heterocycles. The summed E-state index contributed by atoms with van der Waals surface area (Å²) in [5.41, 5.74) is 5.53. The Morgan fingerprint density at radius 2 is 1.89 bits per heavy atom. The molecule has 1 saturated heterocycles. The van der Waals surface area contributed by atoms with E-state index in [1.54, 1.807) is 0 Å². The van der Waals surface area contributed by atoms with Crippen LogP contribution in [0.5, 0.6) is 0 Å². The molecule has 0 radical (unpaired) electrons. The molecule has 0 saturated carbocycles. The molecular weight excluding hydrogens is 273 g/mol. The molecule has 0 spiro atoms. The number of amides is 1. The van der Waals surface area contributed by atoms with E-state index in [1.165, 1.54) is 0 Å². The first-order valence-electron chi connectivity index (χ1n) is 6.29. The molecular formula is C12H27Cl2N3O. The molecule has 1 unspecified atom stereocenters. The molecule has 1 heterocycles. The average Bonchev–Trinajstić information content (AvgIpc) is 2.36. The maximum absolute atomic E-state index is 12.0.